The van der Waals surface area contributed by atoms with Crippen LogP contribution in [0.25, 0.3) is 0 Å². The Balaban J connectivity index is 1.69. The molecule has 1 unspecified atom stereocenters. The standard InChI is InChI=1S/C18H20N2O5S3/c1-2-3-6-27-18(25)11-9-28-16-13(15(22)20(16)14(11)17(23)24)19-12(21)8-10-5-4-7-26-10/h4-5,7,13,16H,2-3,6,8-9H2,1H3,(H,19,21)(H,23,24)/t13?,16-/m0/s1. The predicted molar refractivity (Wildman–Crippen MR) is 110 cm³/mol. The fourth-order valence-corrected chi connectivity index (χ4v) is 6.06. The van der Waals surface area contributed by atoms with E-state index in [-0.39, 0.29) is 34.5 Å². The maximum absolute atomic E-state index is 12.6. The second-order valence-corrected chi connectivity index (χ2v) is 9.54. The molecule has 1 saturated heterocycles. The van der Waals surface area contributed by atoms with Crippen LogP contribution in [0.1, 0.15) is 24.6 Å². The van der Waals surface area contributed by atoms with E-state index in [4.69, 9.17) is 0 Å². The Morgan fingerprint density at radius 2 is 2.18 bits per heavy atom. The summed E-state index contributed by atoms with van der Waals surface area (Å²) >= 11 is 3.86. The molecule has 2 aliphatic rings. The van der Waals surface area contributed by atoms with Gasteiger partial charge in [-0.15, -0.1) is 23.1 Å². The highest BCUT2D eigenvalue weighted by atomic mass is 32.2. The number of β-lactam (4-membered cyclic amide) rings is 1. The lowest BCUT2D eigenvalue weighted by Crippen LogP contribution is -2.70. The van der Waals surface area contributed by atoms with Crippen molar-refractivity contribution in [2.45, 2.75) is 37.6 Å². The third-order valence-electron chi connectivity index (χ3n) is 4.38. The lowest BCUT2D eigenvalue weighted by Gasteiger charge is -2.49. The number of hydrogen-bond donors (Lipinski definition) is 2. The first-order valence-electron chi connectivity index (χ1n) is 8.84. The number of unbranched alkanes of at least 4 members (excludes halogenated alkanes) is 1. The number of carbonyl (C=O) groups excluding carboxylic acids is 3. The molecular weight excluding hydrogens is 420 g/mol. The Morgan fingerprint density at radius 1 is 1.39 bits per heavy atom. The monoisotopic (exact) mass is 440 g/mol. The van der Waals surface area contributed by atoms with E-state index in [0.29, 0.717) is 5.75 Å². The van der Waals surface area contributed by atoms with Crippen molar-refractivity contribution in [2.24, 2.45) is 0 Å². The molecule has 0 saturated carbocycles. The fourth-order valence-electron chi connectivity index (χ4n) is 2.97. The minimum Gasteiger partial charge on any atom is -0.477 e. The fraction of sp³-hybridized carbons (Fsp3) is 0.444. The van der Waals surface area contributed by atoms with Crippen LogP contribution in [0, 0.1) is 0 Å². The minimum atomic E-state index is -1.29. The SMILES string of the molecule is CCCCSC(=O)C1=C(C(=O)O)N2C(=O)C(NC(=O)Cc3cccs3)[C@@H]2SC1. The Labute approximate surface area is 174 Å². The number of carbonyl (C=O) groups is 4. The lowest BCUT2D eigenvalue weighted by atomic mass is 10.0. The van der Waals surface area contributed by atoms with Crippen LogP contribution in [0.15, 0.2) is 28.8 Å². The van der Waals surface area contributed by atoms with Gasteiger partial charge < -0.3 is 10.4 Å². The van der Waals surface area contributed by atoms with Crippen LogP contribution < -0.4 is 5.32 Å². The predicted octanol–water partition coefficient (Wildman–Crippen LogP) is 2.09. The van der Waals surface area contributed by atoms with Gasteiger partial charge in [0.15, 0.2) is 0 Å². The average Bonchev–Trinajstić information content (AvgIpc) is 3.17. The number of hydrogen-bond acceptors (Lipinski definition) is 7. The molecule has 3 rings (SSSR count). The van der Waals surface area contributed by atoms with Crippen molar-refractivity contribution < 1.29 is 24.3 Å². The molecule has 2 atom stereocenters. The van der Waals surface area contributed by atoms with E-state index in [1.807, 2.05) is 24.4 Å². The van der Waals surface area contributed by atoms with Crippen molar-refractivity contribution in [1.82, 2.24) is 10.2 Å². The van der Waals surface area contributed by atoms with Gasteiger partial charge in [0, 0.05) is 22.0 Å². The van der Waals surface area contributed by atoms with Gasteiger partial charge in [-0.05, 0) is 17.9 Å². The van der Waals surface area contributed by atoms with Crippen molar-refractivity contribution in [3.8, 4) is 0 Å². The maximum Gasteiger partial charge on any atom is 0.353 e. The van der Waals surface area contributed by atoms with Crippen LogP contribution in [0.5, 0.6) is 0 Å². The minimum absolute atomic E-state index is 0.159. The van der Waals surface area contributed by atoms with Gasteiger partial charge in [0.1, 0.15) is 17.1 Å². The zero-order valence-corrected chi connectivity index (χ0v) is 17.6. The third kappa shape index (κ3) is 4.28. The van der Waals surface area contributed by atoms with Gasteiger partial charge in [0.25, 0.3) is 5.91 Å². The molecule has 0 aromatic carbocycles. The van der Waals surface area contributed by atoms with Gasteiger partial charge in [-0.25, -0.2) is 4.79 Å². The number of aliphatic carboxylic acids is 1. The van der Waals surface area contributed by atoms with Crippen LogP contribution in [0.3, 0.4) is 0 Å². The first-order chi connectivity index (χ1) is 13.4. The third-order valence-corrected chi connectivity index (χ3v) is 7.54. The van der Waals surface area contributed by atoms with Gasteiger partial charge in [0.2, 0.25) is 11.0 Å². The van der Waals surface area contributed by atoms with E-state index >= 15 is 0 Å². The molecule has 2 aliphatic heterocycles. The number of carboxylic acid groups (broad SMARTS) is 1. The van der Waals surface area contributed by atoms with Crippen LogP contribution in [0.2, 0.25) is 0 Å². The normalized spacial score (nSPS) is 21.2. The summed E-state index contributed by atoms with van der Waals surface area (Å²) in [5.41, 5.74) is -0.0851. The molecule has 0 aliphatic carbocycles. The molecule has 2 amide bonds. The summed E-state index contributed by atoms with van der Waals surface area (Å²) in [5, 5.41) is 13.4. The molecule has 7 nitrogen and oxygen atoms in total. The molecule has 0 radical (unpaired) electrons. The van der Waals surface area contributed by atoms with Gasteiger partial charge in [0.05, 0.1) is 6.42 Å². The highest BCUT2D eigenvalue weighted by Crippen LogP contribution is 2.41. The molecule has 0 spiro atoms. The quantitative estimate of drug-likeness (QED) is 0.471. The smallest absolute Gasteiger partial charge is 0.353 e. The summed E-state index contributed by atoms with van der Waals surface area (Å²) in [6.45, 7) is 2.01. The topological polar surface area (TPSA) is 104 Å². The van der Waals surface area contributed by atoms with Gasteiger partial charge in [-0.2, -0.15) is 0 Å². The summed E-state index contributed by atoms with van der Waals surface area (Å²) in [6.07, 6.45) is 1.99. The van der Waals surface area contributed by atoms with Crippen LogP contribution in [-0.2, 0) is 25.6 Å². The highest BCUT2D eigenvalue weighted by molar-refractivity contribution is 8.14. The molecule has 10 heteroatoms. The maximum atomic E-state index is 12.6. The number of rotatable bonds is 8. The molecule has 0 bridgehead atoms. The Kier molecular flexibility index (Phi) is 6.84. The van der Waals surface area contributed by atoms with Crippen molar-refractivity contribution in [3.63, 3.8) is 0 Å². The number of amides is 2. The van der Waals surface area contributed by atoms with Crippen LogP contribution >= 0.6 is 34.9 Å². The van der Waals surface area contributed by atoms with Crippen LogP contribution in [0.4, 0.5) is 0 Å². The van der Waals surface area contributed by atoms with E-state index in [2.05, 4.69) is 5.32 Å². The second-order valence-electron chi connectivity index (χ2n) is 6.33. The van der Waals surface area contributed by atoms with E-state index < -0.39 is 23.3 Å². The molecule has 1 aromatic heterocycles. The largest absolute Gasteiger partial charge is 0.477 e. The highest BCUT2D eigenvalue weighted by Gasteiger charge is 2.54. The molecule has 1 fully saturated rings. The number of thiophene rings is 1. The Hall–Kier alpha value is -1.78. The summed E-state index contributed by atoms with van der Waals surface area (Å²) in [4.78, 5) is 51.0. The zero-order chi connectivity index (χ0) is 20.3. The van der Waals surface area contributed by atoms with Gasteiger partial charge >= 0.3 is 5.97 Å². The van der Waals surface area contributed by atoms with Crippen molar-refractivity contribution in [3.05, 3.63) is 33.7 Å². The van der Waals surface area contributed by atoms with E-state index in [1.54, 1.807) is 0 Å². The first-order valence-corrected chi connectivity index (χ1v) is 11.8. The Morgan fingerprint density at radius 3 is 2.82 bits per heavy atom. The van der Waals surface area contributed by atoms with E-state index in [1.165, 1.54) is 23.1 Å². The number of carboxylic acids is 1. The molecule has 3 heterocycles. The summed E-state index contributed by atoms with van der Waals surface area (Å²) in [5.74, 6) is -1.22. The van der Waals surface area contributed by atoms with Gasteiger partial charge in [-0.3, -0.25) is 19.3 Å². The first kappa shape index (κ1) is 20.9. The van der Waals surface area contributed by atoms with Crippen LogP contribution in [-0.4, -0.2) is 55.8 Å². The molecular formula is C18H20N2O5S3. The summed E-state index contributed by atoms with van der Waals surface area (Å²) in [7, 11) is 0. The van der Waals surface area contributed by atoms with Crippen molar-refractivity contribution >= 4 is 57.8 Å². The average molecular weight is 441 g/mol. The Bertz CT molecular complexity index is 821. The van der Waals surface area contributed by atoms with Gasteiger partial charge in [-0.1, -0.05) is 31.2 Å². The second kappa shape index (κ2) is 9.15. The number of nitrogens with one attached hydrogen (secondary N) is 1. The number of thioether (sulfide) groups is 2. The van der Waals surface area contributed by atoms with Crippen molar-refractivity contribution in [1.29, 1.82) is 0 Å². The zero-order valence-electron chi connectivity index (χ0n) is 15.2. The molecule has 1 aromatic rings. The number of fused-ring (bicyclic) bond motifs is 1. The molecule has 28 heavy (non-hydrogen) atoms. The molecule has 150 valence electrons. The summed E-state index contributed by atoms with van der Waals surface area (Å²) < 4.78 is 0. The van der Waals surface area contributed by atoms with E-state index in [9.17, 15) is 24.3 Å². The number of nitrogens with zero attached hydrogens (tertiary/aromatic N) is 1. The van der Waals surface area contributed by atoms with Crippen molar-refractivity contribution in [2.75, 3.05) is 11.5 Å². The molecule has 2 N–H and O–H groups in total. The lowest BCUT2D eigenvalue weighted by molar-refractivity contribution is -0.150. The summed E-state index contributed by atoms with van der Waals surface area (Å²) in [6, 6.07) is 2.92. The van der Waals surface area contributed by atoms with E-state index in [0.717, 1.165) is 34.4 Å².